The first kappa shape index (κ1) is 18.2. The molecule has 5 heteroatoms. The second kappa shape index (κ2) is 7.75. The molecule has 0 heterocycles. The third-order valence-electron chi connectivity index (χ3n) is 4.57. The lowest BCUT2D eigenvalue weighted by Crippen LogP contribution is -2.14. The van der Waals surface area contributed by atoms with Crippen molar-refractivity contribution in [2.24, 2.45) is 0 Å². The minimum atomic E-state index is 0.363. The largest absolute Gasteiger partial charge is 0.488 e. The van der Waals surface area contributed by atoms with Gasteiger partial charge in [0.25, 0.3) is 5.17 Å². The molecule has 3 nitrogen and oxygen atoms in total. The molecule has 2 aromatic rings. The Balaban J connectivity index is 1.88. The van der Waals surface area contributed by atoms with Gasteiger partial charge in [0.15, 0.2) is 0 Å². The summed E-state index contributed by atoms with van der Waals surface area (Å²) in [6.07, 6.45) is 2.47. The molecule has 0 atom stereocenters. The fraction of sp³-hybridized carbons (Fsp3) is 0.350. The Hall–Kier alpha value is -1.59. The van der Waals surface area contributed by atoms with Crippen LogP contribution in [-0.4, -0.2) is 12.3 Å². The summed E-state index contributed by atoms with van der Waals surface area (Å²) in [5.74, 6) is 1.48. The van der Waals surface area contributed by atoms with E-state index in [-0.39, 0.29) is 0 Å². The summed E-state index contributed by atoms with van der Waals surface area (Å²) < 4.78 is 12.2. The predicted molar refractivity (Wildman–Crippen MR) is 110 cm³/mol. The third kappa shape index (κ3) is 4.33. The molecule has 1 saturated carbocycles. The fourth-order valence-electron chi connectivity index (χ4n) is 2.84. The van der Waals surface area contributed by atoms with Gasteiger partial charge in [-0.3, -0.25) is 0 Å². The summed E-state index contributed by atoms with van der Waals surface area (Å²) in [6, 6.07) is 10.4. The van der Waals surface area contributed by atoms with Crippen LogP contribution < -0.4 is 10.1 Å². The SMILES string of the molecule is COC(=S)Nc1cccc(C2CC2)c1COc1cc(C)c(C)cc1Br. The van der Waals surface area contributed by atoms with E-state index in [1.54, 1.807) is 7.11 Å². The number of methoxy groups -OCH3 is 1. The number of hydrogen-bond acceptors (Lipinski definition) is 3. The molecular weight excluding hydrogens is 398 g/mol. The molecule has 2 aromatic carbocycles. The highest BCUT2D eigenvalue weighted by atomic mass is 79.9. The normalized spacial score (nSPS) is 13.4. The minimum absolute atomic E-state index is 0.363. The number of nitrogens with one attached hydrogen (secondary N) is 1. The highest BCUT2D eigenvalue weighted by Gasteiger charge is 2.27. The second-order valence-electron chi connectivity index (χ2n) is 6.42. The zero-order valence-corrected chi connectivity index (χ0v) is 17.1. The van der Waals surface area contributed by atoms with E-state index in [0.717, 1.165) is 21.5 Å². The molecule has 0 aromatic heterocycles. The number of thiocarbonyl (C=S) groups is 1. The molecule has 0 amide bonds. The minimum Gasteiger partial charge on any atom is -0.488 e. The number of hydrogen-bond donors (Lipinski definition) is 1. The van der Waals surface area contributed by atoms with Crippen molar-refractivity contribution in [1.29, 1.82) is 0 Å². The van der Waals surface area contributed by atoms with Crippen LogP contribution in [0.25, 0.3) is 0 Å². The van der Waals surface area contributed by atoms with E-state index in [1.807, 2.05) is 6.07 Å². The highest BCUT2D eigenvalue weighted by molar-refractivity contribution is 9.10. The molecular formula is C20H22BrNO2S. The van der Waals surface area contributed by atoms with E-state index in [4.69, 9.17) is 21.7 Å². The third-order valence-corrected chi connectivity index (χ3v) is 5.46. The number of rotatable bonds is 5. The van der Waals surface area contributed by atoms with Gasteiger partial charge in [-0.05, 0) is 95.6 Å². The van der Waals surface area contributed by atoms with Crippen molar-refractivity contribution in [3.8, 4) is 5.75 Å². The van der Waals surface area contributed by atoms with Crippen LogP contribution >= 0.6 is 28.1 Å². The summed E-state index contributed by atoms with van der Waals surface area (Å²) in [5, 5.41) is 3.53. The van der Waals surface area contributed by atoms with Crippen LogP contribution in [0.3, 0.4) is 0 Å². The van der Waals surface area contributed by atoms with E-state index >= 15 is 0 Å². The van der Waals surface area contributed by atoms with Crippen LogP contribution in [0.2, 0.25) is 0 Å². The topological polar surface area (TPSA) is 30.5 Å². The standard InChI is InChI=1S/C20H22BrNO2S/c1-12-9-17(21)19(10-13(12)2)24-11-16-15(14-7-8-14)5-4-6-18(16)22-20(25)23-3/h4-6,9-10,14H,7-8,11H2,1-3H3,(H,22,25). The Morgan fingerprint density at radius 2 is 1.96 bits per heavy atom. The number of ether oxygens (including phenoxy) is 2. The Labute approximate surface area is 162 Å². The zero-order valence-electron chi connectivity index (χ0n) is 14.7. The maximum Gasteiger partial charge on any atom is 0.260 e. The lowest BCUT2D eigenvalue weighted by molar-refractivity contribution is 0.303. The Morgan fingerprint density at radius 1 is 1.24 bits per heavy atom. The summed E-state index contributed by atoms with van der Waals surface area (Å²) in [6.45, 7) is 4.68. The van der Waals surface area contributed by atoms with Gasteiger partial charge in [-0.15, -0.1) is 0 Å². The van der Waals surface area contributed by atoms with Gasteiger partial charge in [0.05, 0.1) is 11.6 Å². The molecule has 1 N–H and O–H groups in total. The van der Waals surface area contributed by atoms with Crippen LogP contribution in [0.1, 0.15) is 41.0 Å². The first-order valence-corrected chi connectivity index (χ1v) is 9.56. The van der Waals surface area contributed by atoms with Crippen molar-refractivity contribution in [1.82, 2.24) is 0 Å². The molecule has 0 bridgehead atoms. The van der Waals surface area contributed by atoms with E-state index in [0.29, 0.717) is 17.7 Å². The Kier molecular flexibility index (Phi) is 5.64. The van der Waals surface area contributed by atoms with E-state index in [9.17, 15) is 0 Å². The molecule has 25 heavy (non-hydrogen) atoms. The molecule has 3 rings (SSSR count). The second-order valence-corrected chi connectivity index (χ2v) is 7.64. The van der Waals surface area contributed by atoms with Crippen LogP contribution in [-0.2, 0) is 11.3 Å². The predicted octanol–water partition coefficient (Wildman–Crippen LogP) is 5.87. The van der Waals surface area contributed by atoms with Crippen molar-refractivity contribution < 1.29 is 9.47 Å². The average molecular weight is 420 g/mol. The molecule has 0 saturated heterocycles. The molecule has 1 aliphatic carbocycles. The maximum absolute atomic E-state index is 6.16. The first-order chi connectivity index (χ1) is 12.0. The number of benzene rings is 2. The summed E-state index contributed by atoms with van der Waals surface area (Å²) in [7, 11) is 1.57. The van der Waals surface area contributed by atoms with Crippen LogP contribution in [0, 0.1) is 13.8 Å². The van der Waals surface area contributed by atoms with Crippen molar-refractivity contribution in [3.63, 3.8) is 0 Å². The molecule has 0 spiro atoms. The molecule has 1 fully saturated rings. The first-order valence-electron chi connectivity index (χ1n) is 8.36. The van der Waals surface area contributed by atoms with Crippen molar-refractivity contribution in [3.05, 3.63) is 57.1 Å². The van der Waals surface area contributed by atoms with Gasteiger partial charge in [-0.2, -0.15) is 0 Å². The van der Waals surface area contributed by atoms with Gasteiger partial charge >= 0.3 is 0 Å². The molecule has 1 aliphatic rings. The van der Waals surface area contributed by atoms with Gasteiger partial charge in [-0.25, -0.2) is 0 Å². The Bertz CT molecular complexity index is 803. The highest BCUT2D eigenvalue weighted by Crippen LogP contribution is 2.43. The van der Waals surface area contributed by atoms with Gasteiger partial charge in [0, 0.05) is 11.3 Å². The van der Waals surface area contributed by atoms with Crippen LogP contribution in [0.5, 0.6) is 5.75 Å². The molecule has 0 unspecified atom stereocenters. The van der Waals surface area contributed by atoms with Crippen LogP contribution in [0.15, 0.2) is 34.8 Å². The van der Waals surface area contributed by atoms with Gasteiger partial charge in [0.2, 0.25) is 0 Å². The lowest BCUT2D eigenvalue weighted by atomic mass is 10.0. The fourth-order valence-corrected chi connectivity index (χ4v) is 3.52. The van der Waals surface area contributed by atoms with E-state index in [2.05, 4.69) is 59.4 Å². The molecule has 0 aliphatic heterocycles. The quantitative estimate of drug-likeness (QED) is 0.614. The monoisotopic (exact) mass is 419 g/mol. The van der Waals surface area contributed by atoms with Crippen LogP contribution in [0.4, 0.5) is 5.69 Å². The zero-order chi connectivity index (χ0) is 18.0. The van der Waals surface area contributed by atoms with Crippen molar-refractivity contribution in [2.45, 2.75) is 39.2 Å². The number of anilines is 1. The van der Waals surface area contributed by atoms with Gasteiger partial charge in [-0.1, -0.05) is 12.1 Å². The average Bonchev–Trinajstić information content (AvgIpc) is 3.42. The summed E-state index contributed by atoms with van der Waals surface area (Å²) in [4.78, 5) is 0. The number of aryl methyl sites for hydroxylation is 2. The summed E-state index contributed by atoms with van der Waals surface area (Å²) >= 11 is 8.77. The molecule has 132 valence electrons. The van der Waals surface area contributed by atoms with Crippen molar-refractivity contribution >= 4 is 39.0 Å². The van der Waals surface area contributed by atoms with Gasteiger partial charge in [0.1, 0.15) is 12.4 Å². The number of halogens is 1. The molecule has 0 radical (unpaired) electrons. The van der Waals surface area contributed by atoms with Crippen molar-refractivity contribution in [2.75, 3.05) is 12.4 Å². The van der Waals surface area contributed by atoms with E-state index in [1.165, 1.54) is 29.5 Å². The maximum atomic E-state index is 6.16. The Morgan fingerprint density at radius 3 is 2.64 bits per heavy atom. The van der Waals surface area contributed by atoms with Gasteiger partial charge < -0.3 is 14.8 Å². The lowest BCUT2D eigenvalue weighted by Gasteiger charge is -2.18. The smallest absolute Gasteiger partial charge is 0.260 e. The summed E-state index contributed by atoms with van der Waals surface area (Å²) in [5.41, 5.74) is 5.90. The van der Waals surface area contributed by atoms with E-state index < -0.39 is 0 Å².